The first kappa shape index (κ1) is 25.4. The molecule has 186 valence electrons. The van der Waals surface area contributed by atoms with Crippen molar-refractivity contribution in [3.05, 3.63) is 87.9 Å². The zero-order chi connectivity index (χ0) is 25.7. The van der Waals surface area contributed by atoms with Crippen molar-refractivity contribution >= 4 is 33.2 Å². The zero-order valence-corrected chi connectivity index (χ0v) is 20.3. The number of ether oxygens (including phenoxy) is 1. The topological polar surface area (TPSA) is 88.5 Å². The predicted molar refractivity (Wildman–Crippen MR) is 134 cm³/mol. The van der Waals surface area contributed by atoms with Crippen LogP contribution in [0.4, 0.5) is 8.78 Å². The summed E-state index contributed by atoms with van der Waals surface area (Å²) in [4.78, 5) is 29.5. The molecule has 0 aliphatic rings. The van der Waals surface area contributed by atoms with Crippen molar-refractivity contribution < 1.29 is 28.2 Å². The molecule has 2 aromatic carbocycles. The Labute approximate surface area is 210 Å². The third-order valence-electron chi connectivity index (χ3n) is 5.45. The van der Waals surface area contributed by atoms with Crippen LogP contribution in [0.15, 0.2) is 54.7 Å². The van der Waals surface area contributed by atoms with E-state index in [-0.39, 0.29) is 42.5 Å². The Bertz CT molecular complexity index is 1420. The van der Waals surface area contributed by atoms with Gasteiger partial charge in [-0.1, -0.05) is 23.8 Å². The number of halogens is 2. The van der Waals surface area contributed by atoms with Crippen molar-refractivity contribution in [2.45, 2.75) is 26.2 Å². The van der Waals surface area contributed by atoms with E-state index in [0.717, 1.165) is 5.56 Å². The summed E-state index contributed by atoms with van der Waals surface area (Å²) >= 11 is 1.20. The van der Waals surface area contributed by atoms with Gasteiger partial charge in [0.25, 0.3) is 5.91 Å². The van der Waals surface area contributed by atoms with E-state index in [1.165, 1.54) is 35.7 Å². The molecule has 2 heterocycles. The fourth-order valence-electron chi connectivity index (χ4n) is 3.66. The highest BCUT2D eigenvalue weighted by molar-refractivity contribution is 7.21. The number of aliphatic hydroxyl groups is 1. The van der Waals surface area contributed by atoms with Crippen molar-refractivity contribution in [3.63, 3.8) is 0 Å². The Hall–Kier alpha value is -3.69. The number of hydrogen-bond acceptors (Lipinski definition) is 6. The van der Waals surface area contributed by atoms with Crippen LogP contribution < -0.4 is 10.1 Å². The number of nitrogens with zero attached hydrogens (tertiary/aromatic N) is 1. The summed E-state index contributed by atoms with van der Waals surface area (Å²) in [7, 11) is 0. The maximum Gasteiger partial charge on any atom is 0.261 e. The minimum absolute atomic E-state index is 0.0129. The zero-order valence-electron chi connectivity index (χ0n) is 19.5. The number of carbonyl (C=O) groups excluding carboxylic acids is 2. The van der Waals surface area contributed by atoms with Gasteiger partial charge in [0.05, 0.1) is 15.1 Å². The predicted octanol–water partition coefficient (Wildman–Crippen LogP) is 5.14. The third-order valence-corrected chi connectivity index (χ3v) is 6.59. The number of amides is 1. The highest BCUT2D eigenvalue weighted by Gasteiger charge is 2.16. The number of carbonyl (C=O) groups is 2. The first-order valence-corrected chi connectivity index (χ1v) is 12.2. The summed E-state index contributed by atoms with van der Waals surface area (Å²) in [5.41, 5.74) is 1.89. The minimum Gasteiger partial charge on any atom is -0.456 e. The van der Waals surface area contributed by atoms with Crippen LogP contribution in [0.5, 0.6) is 11.5 Å². The van der Waals surface area contributed by atoms with Gasteiger partial charge in [-0.15, -0.1) is 11.3 Å². The lowest BCUT2D eigenvalue weighted by Gasteiger charge is -2.09. The summed E-state index contributed by atoms with van der Waals surface area (Å²) < 4.78 is 35.2. The first-order valence-electron chi connectivity index (χ1n) is 11.3. The molecule has 2 N–H and O–H groups in total. The molecule has 0 saturated carbocycles. The van der Waals surface area contributed by atoms with Gasteiger partial charge in [-0.3, -0.25) is 14.6 Å². The standard InChI is InChI=1S/C27H24F2N2O4S/c1-16-3-6-21(28)18(11-16)13-19(33)12-17-4-5-20(14-22(17)29)35-24-7-9-30-23-15-25(36-26(23)24)27(34)31-8-2-10-32/h3-7,9,11,14-15,32H,2,8,10,12-13H2,1H3,(H,31,34). The molecule has 4 aromatic rings. The Morgan fingerprint density at radius 1 is 1.03 bits per heavy atom. The molecule has 0 atom stereocenters. The average molecular weight is 511 g/mol. The smallest absolute Gasteiger partial charge is 0.261 e. The van der Waals surface area contributed by atoms with Gasteiger partial charge >= 0.3 is 0 Å². The molecule has 1 amide bonds. The number of thiophene rings is 1. The summed E-state index contributed by atoms with van der Waals surface area (Å²) in [5.74, 6) is -0.998. The Morgan fingerprint density at radius 2 is 1.83 bits per heavy atom. The molecule has 0 fully saturated rings. The average Bonchev–Trinajstić information content (AvgIpc) is 3.29. The van der Waals surface area contributed by atoms with Gasteiger partial charge < -0.3 is 15.2 Å². The molecule has 4 rings (SSSR count). The van der Waals surface area contributed by atoms with Gasteiger partial charge in [-0.2, -0.15) is 0 Å². The Balaban J connectivity index is 1.46. The molecular weight excluding hydrogens is 486 g/mol. The maximum absolute atomic E-state index is 14.8. The quantitative estimate of drug-likeness (QED) is 0.289. The summed E-state index contributed by atoms with van der Waals surface area (Å²) in [6.07, 6.45) is 1.71. The van der Waals surface area contributed by atoms with Crippen LogP contribution in [0, 0.1) is 18.6 Å². The molecule has 6 nitrogen and oxygen atoms in total. The minimum atomic E-state index is -0.606. The molecule has 0 radical (unpaired) electrons. The third kappa shape index (κ3) is 6.10. The van der Waals surface area contributed by atoms with Crippen molar-refractivity contribution in [2.24, 2.45) is 0 Å². The number of pyridine rings is 1. The summed E-state index contributed by atoms with van der Waals surface area (Å²) in [5, 5.41) is 11.6. The van der Waals surface area contributed by atoms with Crippen molar-refractivity contribution in [1.82, 2.24) is 10.3 Å². The number of ketones is 1. The van der Waals surface area contributed by atoms with Crippen LogP contribution in [0.1, 0.15) is 32.8 Å². The van der Waals surface area contributed by atoms with Crippen LogP contribution in [-0.2, 0) is 17.6 Å². The highest BCUT2D eigenvalue weighted by atomic mass is 32.1. The molecule has 0 spiro atoms. The van der Waals surface area contributed by atoms with E-state index in [4.69, 9.17) is 9.84 Å². The van der Waals surface area contributed by atoms with Gasteiger partial charge in [0, 0.05) is 44.3 Å². The molecular formula is C27H24F2N2O4S. The number of aryl methyl sites for hydroxylation is 1. The normalized spacial score (nSPS) is 11.0. The van der Waals surface area contributed by atoms with Crippen LogP contribution in [0.25, 0.3) is 10.2 Å². The second-order valence-electron chi connectivity index (χ2n) is 8.31. The second kappa shape index (κ2) is 11.4. The van der Waals surface area contributed by atoms with Gasteiger partial charge in [0.2, 0.25) is 0 Å². The number of benzene rings is 2. The van der Waals surface area contributed by atoms with E-state index in [1.807, 2.05) is 6.92 Å². The molecule has 36 heavy (non-hydrogen) atoms. The fourth-order valence-corrected chi connectivity index (χ4v) is 4.65. The van der Waals surface area contributed by atoms with E-state index >= 15 is 0 Å². The van der Waals surface area contributed by atoms with E-state index < -0.39 is 11.6 Å². The second-order valence-corrected chi connectivity index (χ2v) is 9.36. The molecule has 0 aliphatic carbocycles. The largest absolute Gasteiger partial charge is 0.456 e. The lowest BCUT2D eigenvalue weighted by atomic mass is 10.0. The Morgan fingerprint density at radius 3 is 2.61 bits per heavy atom. The number of aromatic nitrogens is 1. The maximum atomic E-state index is 14.8. The number of fused-ring (bicyclic) bond motifs is 1. The van der Waals surface area contributed by atoms with Crippen LogP contribution >= 0.6 is 11.3 Å². The van der Waals surface area contributed by atoms with Gasteiger partial charge in [0.1, 0.15) is 28.9 Å². The number of rotatable bonds is 10. The molecule has 0 saturated heterocycles. The van der Waals surface area contributed by atoms with Crippen LogP contribution in [0.3, 0.4) is 0 Å². The molecule has 0 unspecified atom stereocenters. The van der Waals surface area contributed by atoms with Gasteiger partial charge in [0.15, 0.2) is 0 Å². The van der Waals surface area contributed by atoms with Gasteiger partial charge in [-0.05, 0) is 42.7 Å². The van der Waals surface area contributed by atoms with Crippen molar-refractivity contribution in [1.29, 1.82) is 0 Å². The fraction of sp³-hybridized carbons (Fsp3) is 0.222. The molecule has 9 heteroatoms. The van der Waals surface area contributed by atoms with E-state index in [0.29, 0.717) is 39.4 Å². The lowest BCUT2D eigenvalue weighted by Crippen LogP contribution is -2.24. The highest BCUT2D eigenvalue weighted by Crippen LogP contribution is 2.35. The summed E-state index contributed by atoms with van der Waals surface area (Å²) in [6, 6.07) is 12.1. The van der Waals surface area contributed by atoms with E-state index in [1.54, 1.807) is 30.3 Å². The van der Waals surface area contributed by atoms with E-state index in [9.17, 15) is 18.4 Å². The lowest BCUT2D eigenvalue weighted by molar-refractivity contribution is -0.117. The van der Waals surface area contributed by atoms with Gasteiger partial charge in [-0.25, -0.2) is 8.78 Å². The van der Waals surface area contributed by atoms with Crippen LogP contribution in [0.2, 0.25) is 0 Å². The first-order chi connectivity index (χ1) is 17.3. The summed E-state index contributed by atoms with van der Waals surface area (Å²) in [6.45, 7) is 2.16. The molecule has 0 bridgehead atoms. The Kier molecular flexibility index (Phi) is 8.02. The monoisotopic (exact) mass is 510 g/mol. The number of Topliss-reactive ketones (excluding diaryl/α,β-unsaturated/α-hetero) is 1. The number of hydrogen-bond donors (Lipinski definition) is 2. The van der Waals surface area contributed by atoms with E-state index in [2.05, 4.69) is 10.3 Å². The van der Waals surface area contributed by atoms with Crippen molar-refractivity contribution in [3.8, 4) is 11.5 Å². The number of aliphatic hydroxyl groups excluding tert-OH is 1. The molecule has 2 aromatic heterocycles. The SMILES string of the molecule is Cc1ccc(F)c(CC(=O)Cc2ccc(Oc3ccnc4cc(C(=O)NCCCO)sc34)cc2F)c1. The van der Waals surface area contributed by atoms with Crippen molar-refractivity contribution in [2.75, 3.05) is 13.2 Å². The molecule has 0 aliphatic heterocycles. The number of nitrogens with one attached hydrogen (secondary N) is 1. The van der Waals surface area contributed by atoms with Crippen LogP contribution in [-0.4, -0.2) is 34.9 Å².